The molecule has 0 bridgehead atoms. The van der Waals surface area contributed by atoms with E-state index in [9.17, 15) is 0 Å². The van der Waals surface area contributed by atoms with Crippen LogP contribution in [-0.4, -0.2) is 15.7 Å². The molecule has 2 nitrogen and oxygen atoms in total. The maximum atomic E-state index is 6.17. The zero-order valence-electron chi connectivity index (χ0n) is 9.17. The highest BCUT2D eigenvalue weighted by molar-refractivity contribution is 14.1. The minimum atomic E-state index is 0.463. The lowest BCUT2D eigenvalue weighted by Crippen LogP contribution is -2.05. The standard InChI is InChI=1S/C11H14ClIN2S/c1-2-4-7-9(13)10(12)15-11(14-7)8-5-3-6-16-8/h8H,2-6H2,1H3. The molecule has 1 aliphatic heterocycles. The summed E-state index contributed by atoms with van der Waals surface area (Å²) < 4.78 is 1.02. The van der Waals surface area contributed by atoms with Crippen LogP contribution in [0.25, 0.3) is 0 Å². The van der Waals surface area contributed by atoms with Crippen LogP contribution in [-0.2, 0) is 6.42 Å². The number of thioether (sulfide) groups is 1. The zero-order chi connectivity index (χ0) is 11.5. The van der Waals surface area contributed by atoms with Crippen LogP contribution in [0.4, 0.5) is 0 Å². The van der Waals surface area contributed by atoms with Gasteiger partial charge in [-0.25, -0.2) is 9.97 Å². The molecule has 88 valence electrons. The second-order valence-electron chi connectivity index (χ2n) is 3.88. The fourth-order valence-corrected chi connectivity index (χ4v) is 3.72. The van der Waals surface area contributed by atoms with Gasteiger partial charge in [0.1, 0.15) is 11.0 Å². The summed E-state index contributed by atoms with van der Waals surface area (Å²) in [6.07, 6.45) is 4.55. The number of nitrogens with zero attached hydrogens (tertiary/aromatic N) is 2. The van der Waals surface area contributed by atoms with Crippen molar-refractivity contribution in [2.75, 3.05) is 5.75 Å². The topological polar surface area (TPSA) is 25.8 Å². The first-order chi connectivity index (χ1) is 7.72. The molecule has 1 aromatic heterocycles. The van der Waals surface area contributed by atoms with Crippen molar-refractivity contribution < 1.29 is 0 Å². The molecule has 1 aliphatic rings. The van der Waals surface area contributed by atoms with Gasteiger partial charge in [-0.05, 0) is 47.6 Å². The SMILES string of the molecule is CCCc1nc(C2CCCS2)nc(Cl)c1I. The van der Waals surface area contributed by atoms with Gasteiger partial charge < -0.3 is 0 Å². The highest BCUT2D eigenvalue weighted by Crippen LogP contribution is 2.39. The van der Waals surface area contributed by atoms with E-state index in [1.807, 2.05) is 11.8 Å². The Morgan fingerprint density at radius 2 is 2.31 bits per heavy atom. The van der Waals surface area contributed by atoms with Gasteiger partial charge in [-0.15, -0.1) is 0 Å². The summed E-state index contributed by atoms with van der Waals surface area (Å²) in [5.41, 5.74) is 1.12. The molecule has 0 spiro atoms. The number of hydrogen-bond acceptors (Lipinski definition) is 3. The van der Waals surface area contributed by atoms with E-state index < -0.39 is 0 Å². The van der Waals surface area contributed by atoms with Crippen molar-refractivity contribution in [3.8, 4) is 0 Å². The lowest BCUT2D eigenvalue weighted by Gasteiger charge is -2.11. The third-order valence-electron chi connectivity index (χ3n) is 2.60. The fourth-order valence-electron chi connectivity index (χ4n) is 1.81. The first-order valence-corrected chi connectivity index (χ1v) is 8.06. The summed E-state index contributed by atoms with van der Waals surface area (Å²) in [7, 11) is 0. The van der Waals surface area contributed by atoms with Crippen molar-refractivity contribution >= 4 is 46.0 Å². The lowest BCUT2D eigenvalue weighted by atomic mass is 10.2. The molecule has 0 aliphatic carbocycles. The summed E-state index contributed by atoms with van der Waals surface area (Å²) in [4.78, 5) is 9.10. The molecule has 0 saturated carbocycles. The van der Waals surface area contributed by atoms with Gasteiger partial charge in [0, 0.05) is 0 Å². The first-order valence-electron chi connectivity index (χ1n) is 5.55. The Morgan fingerprint density at radius 1 is 1.50 bits per heavy atom. The average Bonchev–Trinajstić information content (AvgIpc) is 2.78. The van der Waals surface area contributed by atoms with E-state index in [4.69, 9.17) is 11.6 Å². The summed E-state index contributed by atoms with van der Waals surface area (Å²) in [5.74, 6) is 2.16. The quantitative estimate of drug-likeness (QED) is 0.589. The monoisotopic (exact) mass is 368 g/mol. The molecule has 1 atom stereocenters. The number of hydrogen-bond donors (Lipinski definition) is 0. The molecule has 0 N–H and O–H groups in total. The molecule has 0 amide bonds. The van der Waals surface area contributed by atoms with Gasteiger partial charge in [-0.3, -0.25) is 0 Å². The predicted molar refractivity (Wildman–Crippen MR) is 78.2 cm³/mol. The summed E-state index contributed by atoms with van der Waals surface area (Å²) in [6.45, 7) is 2.16. The second-order valence-corrected chi connectivity index (χ2v) is 6.63. The minimum absolute atomic E-state index is 0.463. The Bertz CT molecular complexity index is 380. The number of aromatic nitrogens is 2. The molecule has 2 rings (SSSR count). The third kappa shape index (κ3) is 2.82. The highest BCUT2D eigenvalue weighted by atomic mass is 127. The molecule has 2 heterocycles. The largest absolute Gasteiger partial charge is 0.236 e. The maximum Gasteiger partial charge on any atom is 0.146 e. The Morgan fingerprint density at radius 3 is 2.94 bits per heavy atom. The van der Waals surface area contributed by atoms with Crippen LogP contribution in [0.3, 0.4) is 0 Å². The minimum Gasteiger partial charge on any atom is -0.236 e. The van der Waals surface area contributed by atoms with Crippen LogP contribution in [0.15, 0.2) is 0 Å². The summed E-state index contributed by atoms with van der Waals surface area (Å²) >= 11 is 10.4. The van der Waals surface area contributed by atoms with E-state index in [0.717, 1.165) is 27.9 Å². The molecule has 1 unspecified atom stereocenters. The third-order valence-corrected chi connectivity index (χ3v) is 5.70. The Labute approximate surface area is 119 Å². The van der Waals surface area contributed by atoms with Gasteiger partial charge in [0.05, 0.1) is 14.5 Å². The Hall–Kier alpha value is 0.450. The second kappa shape index (κ2) is 5.87. The van der Waals surface area contributed by atoms with E-state index in [0.29, 0.717) is 10.4 Å². The molecular formula is C11H14ClIN2S. The van der Waals surface area contributed by atoms with E-state index in [1.54, 1.807) is 0 Å². The van der Waals surface area contributed by atoms with Crippen molar-refractivity contribution in [2.45, 2.75) is 37.9 Å². The molecule has 0 aromatic carbocycles. The van der Waals surface area contributed by atoms with Crippen molar-refractivity contribution in [1.29, 1.82) is 0 Å². The van der Waals surface area contributed by atoms with Crippen LogP contribution in [0.1, 0.15) is 43.0 Å². The zero-order valence-corrected chi connectivity index (χ0v) is 12.9. The molecule has 1 saturated heterocycles. The normalized spacial score (nSPS) is 20.3. The van der Waals surface area contributed by atoms with Crippen molar-refractivity contribution in [1.82, 2.24) is 9.97 Å². The van der Waals surface area contributed by atoms with Crippen molar-refractivity contribution in [2.24, 2.45) is 0 Å². The van der Waals surface area contributed by atoms with Crippen LogP contribution in [0.2, 0.25) is 5.15 Å². The fraction of sp³-hybridized carbons (Fsp3) is 0.636. The first kappa shape index (κ1) is 12.9. The molecular weight excluding hydrogens is 355 g/mol. The van der Waals surface area contributed by atoms with Crippen LogP contribution in [0.5, 0.6) is 0 Å². The van der Waals surface area contributed by atoms with Crippen molar-refractivity contribution in [3.63, 3.8) is 0 Å². The molecule has 16 heavy (non-hydrogen) atoms. The van der Waals surface area contributed by atoms with Gasteiger partial charge in [0.25, 0.3) is 0 Å². The van der Waals surface area contributed by atoms with E-state index in [2.05, 4.69) is 39.5 Å². The molecule has 1 aromatic rings. The average molecular weight is 369 g/mol. The molecule has 0 radical (unpaired) electrons. The van der Waals surface area contributed by atoms with Gasteiger partial charge in [0.2, 0.25) is 0 Å². The summed E-state index contributed by atoms with van der Waals surface area (Å²) in [5, 5.41) is 1.09. The smallest absolute Gasteiger partial charge is 0.146 e. The maximum absolute atomic E-state index is 6.17. The van der Waals surface area contributed by atoms with E-state index >= 15 is 0 Å². The Balaban J connectivity index is 2.31. The molecule has 1 fully saturated rings. The van der Waals surface area contributed by atoms with Crippen LogP contribution >= 0.6 is 46.0 Å². The van der Waals surface area contributed by atoms with Crippen LogP contribution < -0.4 is 0 Å². The van der Waals surface area contributed by atoms with Gasteiger partial charge in [0.15, 0.2) is 0 Å². The van der Waals surface area contributed by atoms with Gasteiger partial charge in [-0.1, -0.05) is 24.9 Å². The van der Waals surface area contributed by atoms with E-state index in [1.165, 1.54) is 18.6 Å². The van der Waals surface area contributed by atoms with Crippen molar-refractivity contribution in [3.05, 3.63) is 20.2 Å². The Kier molecular flexibility index (Phi) is 4.73. The highest BCUT2D eigenvalue weighted by Gasteiger charge is 2.22. The summed E-state index contributed by atoms with van der Waals surface area (Å²) in [6, 6.07) is 0. The number of aryl methyl sites for hydroxylation is 1. The predicted octanol–water partition coefficient (Wildman–Crippen LogP) is 4.26. The van der Waals surface area contributed by atoms with Crippen LogP contribution in [0, 0.1) is 3.57 Å². The lowest BCUT2D eigenvalue weighted by molar-refractivity contribution is 0.753. The number of rotatable bonds is 3. The van der Waals surface area contributed by atoms with E-state index in [-0.39, 0.29) is 0 Å². The van der Waals surface area contributed by atoms with Gasteiger partial charge in [-0.2, -0.15) is 11.8 Å². The van der Waals surface area contributed by atoms with Gasteiger partial charge >= 0.3 is 0 Å². The number of halogens is 2. The molecule has 5 heteroatoms.